The van der Waals surface area contributed by atoms with Gasteiger partial charge in [-0.3, -0.25) is 0 Å². The van der Waals surface area contributed by atoms with E-state index in [0.717, 1.165) is 19.4 Å². The van der Waals surface area contributed by atoms with Crippen LogP contribution in [0, 0.1) is 0 Å². The third-order valence-corrected chi connectivity index (χ3v) is 1.79. The van der Waals surface area contributed by atoms with E-state index in [1.807, 2.05) is 5.01 Å². The Morgan fingerprint density at radius 1 is 1.78 bits per heavy atom. The van der Waals surface area contributed by atoms with E-state index in [4.69, 9.17) is 0 Å². The first-order valence-corrected chi connectivity index (χ1v) is 3.11. The molecule has 0 radical (unpaired) electrons. The second-order valence-electron chi connectivity index (χ2n) is 2.36. The van der Waals surface area contributed by atoms with Gasteiger partial charge in [-0.25, -0.2) is 4.79 Å². The van der Waals surface area contributed by atoms with Crippen LogP contribution < -0.4 is 5.59 Å². The number of nitrogens with zero attached hydrogens (tertiary/aromatic N) is 1. The molecule has 50 valence electrons. The van der Waals surface area contributed by atoms with Crippen molar-refractivity contribution in [3.63, 3.8) is 0 Å². The van der Waals surface area contributed by atoms with Gasteiger partial charge in [-0.15, -0.1) is 0 Å². The highest BCUT2D eigenvalue weighted by molar-refractivity contribution is 5.77. The number of hydrogen-bond donors (Lipinski definition) is 1. The van der Waals surface area contributed by atoms with Crippen molar-refractivity contribution in [3.8, 4) is 0 Å². The topological polar surface area (TPSA) is 41.6 Å². The van der Waals surface area contributed by atoms with Crippen LogP contribution in [0.5, 0.6) is 0 Å². The smallest absolute Gasteiger partial charge is 0.345 e. The standard InChI is InChI=1S/C5H8N2O2/c8-5-4-2-1-3-7(4)6-9-5/h4,6H,1-3H2/t4-/m0/s1. The zero-order valence-electron chi connectivity index (χ0n) is 4.96. The molecule has 0 saturated carbocycles. The van der Waals surface area contributed by atoms with Crippen LogP contribution in [0.4, 0.5) is 0 Å². The Balaban J connectivity index is 2.15. The van der Waals surface area contributed by atoms with E-state index in [9.17, 15) is 4.79 Å². The maximum absolute atomic E-state index is 10.7. The van der Waals surface area contributed by atoms with Crippen molar-refractivity contribution in [1.29, 1.82) is 0 Å². The molecule has 0 unspecified atom stereocenters. The number of carbonyl (C=O) groups excluding carboxylic acids is 1. The van der Waals surface area contributed by atoms with Crippen molar-refractivity contribution in [3.05, 3.63) is 0 Å². The summed E-state index contributed by atoms with van der Waals surface area (Å²) < 4.78 is 0. The summed E-state index contributed by atoms with van der Waals surface area (Å²) in [6.45, 7) is 0.927. The van der Waals surface area contributed by atoms with Gasteiger partial charge in [0.25, 0.3) is 0 Å². The normalized spacial score (nSPS) is 34.7. The lowest BCUT2D eigenvalue weighted by Gasteiger charge is -2.05. The number of hydrazine groups is 1. The maximum Gasteiger partial charge on any atom is 0.345 e. The highest BCUT2D eigenvalue weighted by Gasteiger charge is 2.38. The Bertz CT molecular complexity index is 148. The average Bonchev–Trinajstić information content (AvgIpc) is 2.35. The molecule has 0 aromatic carbocycles. The minimum Gasteiger partial charge on any atom is -0.354 e. The largest absolute Gasteiger partial charge is 0.354 e. The summed E-state index contributed by atoms with van der Waals surface area (Å²) in [5, 5.41) is 1.84. The van der Waals surface area contributed by atoms with Gasteiger partial charge in [-0.2, -0.15) is 5.01 Å². The molecule has 2 aliphatic rings. The fraction of sp³-hybridized carbons (Fsp3) is 0.800. The molecule has 0 spiro atoms. The zero-order valence-corrected chi connectivity index (χ0v) is 4.96. The number of rotatable bonds is 0. The molecule has 2 rings (SSSR count). The summed E-state index contributed by atoms with van der Waals surface area (Å²) >= 11 is 0. The third kappa shape index (κ3) is 0.635. The second-order valence-corrected chi connectivity index (χ2v) is 2.36. The van der Waals surface area contributed by atoms with E-state index in [2.05, 4.69) is 10.4 Å². The lowest BCUT2D eigenvalue weighted by Crippen LogP contribution is -2.32. The molecule has 2 fully saturated rings. The fourth-order valence-corrected chi connectivity index (χ4v) is 1.29. The molecule has 0 bridgehead atoms. The Morgan fingerprint density at radius 2 is 2.67 bits per heavy atom. The van der Waals surface area contributed by atoms with Gasteiger partial charge >= 0.3 is 5.97 Å². The van der Waals surface area contributed by atoms with Crippen molar-refractivity contribution in [1.82, 2.24) is 10.6 Å². The lowest BCUT2D eigenvalue weighted by atomic mass is 10.2. The Kier molecular flexibility index (Phi) is 0.972. The van der Waals surface area contributed by atoms with E-state index in [1.54, 1.807) is 0 Å². The van der Waals surface area contributed by atoms with E-state index in [0.29, 0.717) is 0 Å². The fourth-order valence-electron chi connectivity index (χ4n) is 1.29. The summed E-state index contributed by atoms with van der Waals surface area (Å²) in [5.74, 6) is -0.132. The van der Waals surface area contributed by atoms with Crippen LogP contribution in [0.2, 0.25) is 0 Å². The molecule has 0 aromatic heterocycles. The summed E-state index contributed by atoms with van der Waals surface area (Å²) in [6, 6.07) is 0.00463. The van der Waals surface area contributed by atoms with Crippen LogP contribution >= 0.6 is 0 Å². The van der Waals surface area contributed by atoms with Crippen LogP contribution in [0.3, 0.4) is 0 Å². The van der Waals surface area contributed by atoms with E-state index in [1.165, 1.54) is 0 Å². The summed E-state index contributed by atoms with van der Waals surface area (Å²) in [4.78, 5) is 15.3. The second kappa shape index (κ2) is 1.68. The molecule has 1 atom stereocenters. The first-order chi connectivity index (χ1) is 4.38. The zero-order chi connectivity index (χ0) is 6.27. The third-order valence-electron chi connectivity index (χ3n) is 1.79. The van der Waals surface area contributed by atoms with Crippen molar-refractivity contribution in [2.45, 2.75) is 18.9 Å². The van der Waals surface area contributed by atoms with E-state index < -0.39 is 0 Å². The first-order valence-electron chi connectivity index (χ1n) is 3.11. The van der Waals surface area contributed by atoms with Gasteiger partial charge in [0, 0.05) is 6.54 Å². The maximum atomic E-state index is 10.7. The van der Waals surface area contributed by atoms with Gasteiger partial charge in [-0.05, 0) is 12.8 Å². The molecule has 1 N–H and O–H groups in total. The monoisotopic (exact) mass is 128 g/mol. The quantitative estimate of drug-likeness (QED) is 0.474. The SMILES string of the molecule is O=C1ONN2CCC[C@@H]12. The Morgan fingerprint density at radius 3 is 3.44 bits per heavy atom. The van der Waals surface area contributed by atoms with Gasteiger partial charge in [0.05, 0.1) is 0 Å². The van der Waals surface area contributed by atoms with Crippen LogP contribution in [0.1, 0.15) is 12.8 Å². The first kappa shape index (κ1) is 5.20. The molecular weight excluding hydrogens is 120 g/mol. The van der Waals surface area contributed by atoms with Crippen molar-refractivity contribution in [2.24, 2.45) is 0 Å². The van der Waals surface area contributed by atoms with Gasteiger partial charge in [0.1, 0.15) is 6.04 Å². The predicted octanol–water partition coefficient (Wildman–Crippen LogP) is -0.573. The van der Waals surface area contributed by atoms with E-state index in [-0.39, 0.29) is 12.0 Å². The number of carbonyl (C=O) groups is 1. The van der Waals surface area contributed by atoms with Gasteiger partial charge in [-0.1, -0.05) is 5.59 Å². The van der Waals surface area contributed by atoms with E-state index >= 15 is 0 Å². The predicted molar refractivity (Wildman–Crippen MR) is 29.0 cm³/mol. The van der Waals surface area contributed by atoms with Crippen LogP contribution in [-0.2, 0) is 9.63 Å². The van der Waals surface area contributed by atoms with Gasteiger partial charge < -0.3 is 4.84 Å². The molecule has 4 heteroatoms. The summed E-state index contributed by atoms with van der Waals surface area (Å²) in [7, 11) is 0. The molecule has 0 aliphatic carbocycles. The minimum absolute atomic E-state index is 0.00463. The number of nitrogens with one attached hydrogen (secondary N) is 1. The molecule has 4 nitrogen and oxygen atoms in total. The lowest BCUT2D eigenvalue weighted by molar-refractivity contribution is -0.145. The molecule has 2 aliphatic heterocycles. The summed E-state index contributed by atoms with van der Waals surface area (Å²) in [5.41, 5.74) is 2.55. The minimum atomic E-state index is -0.132. The molecular formula is C5H8N2O2. The number of fused-ring (bicyclic) bond motifs is 1. The molecule has 0 aromatic rings. The van der Waals surface area contributed by atoms with Crippen molar-refractivity contribution >= 4 is 5.97 Å². The molecule has 2 saturated heterocycles. The molecule has 9 heavy (non-hydrogen) atoms. The van der Waals surface area contributed by atoms with Crippen molar-refractivity contribution in [2.75, 3.05) is 6.54 Å². The van der Waals surface area contributed by atoms with Crippen LogP contribution in [-0.4, -0.2) is 23.6 Å². The van der Waals surface area contributed by atoms with Crippen LogP contribution in [0.25, 0.3) is 0 Å². The van der Waals surface area contributed by atoms with Crippen molar-refractivity contribution < 1.29 is 9.63 Å². The Labute approximate surface area is 52.7 Å². The van der Waals surface area contributed by atoms with Crippen LogP contribution in [0.15, 0.2) is 0 Å². The highest BCUT2D eigenvalue weighted by Crippen LogP contribution is 2.19. The average molecular weight is 128 g/mol. The molecule has 0 amide bonds. The van der Waals surface area contributed by atoms with Gasteiger partial charge in [0.15, 0.2) is 0 Å². The molecule has 2 heterocycles. The van der Waals surface area contributed by atoms with Gasteiger partial charge in [0.2, 0.25) is 0 Å². The number of hydrogen-bond acceptors (Lipinski definition) is 4. The summed E-state index contributed by atoms with van der Waals surface area (Å²) in [6.07, 6.45) is 2.03. The highest BCUT2D eigenvalue weighted by atomic mass is 16.7. The Hall–Kier alpha value is -0.610.